The molecule has 1 aliphatic rings. The zero-order chi connectivity index (χ0) is 15.5. The Hall–Kier alpha value is -1.35. The molecule has 1 heterocycles. The molecular formula is C19H23ClN2. The number of hydrogen-bond acceptors (Lipinski definition) is 2. The van der Waals surface area contributed by atoms with E-state index < -0.39 is 0 Å². The molecule has 0 aliphatic carbocycles. The van der Waals surface area contributed by atoms with Crippen molar-refractivity contribution >= 4 is 11.6 Å². The summed E-state index contributed by atoms with van der Waals surface area (Å²) in [7, 11) is 0. The summed E-state index contributed by atoms with van der Waals surface area (Å²) < 4.78 is 0. The van der Waals surface area contributed by atoms with E-state index in [0.717, 1.165) is 31.0 Å². The van der Waals surface area contributed by atoms with Gasteiger partial charge < -0.3 is 5.73 Å². The molecule has 2 N–H and O–H groups in total. The Morgan fingerprint density at radius 3 is 2.32 bits per heavy atom. The van der Waals surface area contributed by atoms with Crippen LogP contribution in [0.1, 0.15) is 35.6 Å². The van der Waals surface area contributed by atoms with E-state index in [1.807, 2.05) is 12.1 Å². The third kappa shape index (κ3) is 3.35. The number of likely N-dealkylation sites (tertiary alicyclic amines) is 1. The number of halogens is 1. The highest BCUT2D eigenvalue weighted by Crippen LogP contribution is 2.34. The minimum absolute atomic E-state index is 0.210. The van der Waals surface area contributed by atoms with Gasteiger partial charge in [0.2, 0.25) is 0 Å². The first-order chi connectivity index (χ1) is 10.6. The van der Waals surface area contributed by atoms with Gasteiger partial charge in [0.05, 0.1) is 6.04 Å². The average molecular weight is 315 g/mol. The Bertz CT molecular complexity index is 616. The van der Waals surface area contributed by atoms with E-state index >= 15 is 0 Å². The van der Waals surface area contributed by atoms with Crippen LogP contribution in [0.15, 0.2) is 48.5 Å². The average Bonchev–Trinajstić information content (AvgIpc) is 2.53. The lowest BCUT2D eigenvalue weighted by Crippen LogP contribution is -2.42. The Morgan fingerprint density at radius 1 is 1.05 bits per heavy atom. The van der Waals surface area contributed by atoms with Crippen molar-refractivity contribution in [2.75, 3.05) is 13.1 Å². The zero-order valence-corrected chi connectivity index (χ0v) is 13.8. The molecule has 1 unspecified atom stereocenters. The van der Waals surface area contributed by atoms with Crippen molar-refractivity contribution in [2.45, 2.75) is 31.8 Å². The molecule has 3 heteroatoms. The summed E-state index contributed by atoms with van der Waals surface area (Å²) in [4.78, 5) is 2.51. The van der Waals surface area contributed by atoms with Gasteiger partial charge in [-0.25, -0.2) is 0 Å². The van der Waals surface area contributed by atoms with Gasteiger partial charge in [0, 0.05) is 24.2 Å². The van der Waals surface area contributed by atoms with E-state index in [0.29, 0.717) is 6.04 Å². The van der Waals surface area contributed by atoms with Crippen LogP contribution in [0.2, 0.25) is 5.02 Å². The first-order valence-corrected chi connectivity index (χ1v) is 8.33. The summed E-state index contributed by atoms with van der Waals surface area (Å²) in [5.41, 5.74) is 9.84. The lowest BCUT2D eigenvalue weighted by Gasteiger charge is -2.37. The number of rotatable bonds is 3. The molecule has 2 aromatic rings. The second-order valence-corrected chi connectivity index (χ2v) is 6.62. The van der Waals surface area contributed by atoms with Crippen molar-refractivity contribution in [3.05, 3.63) is 70.2 Å². The van der Waals surface area contributed by atoms with Crippen molar-refractivity contribution in [3.63, 3.8) is 0 Å². The quantitative estimate of drug-likeness (QED) is 0.921. The monoisotopic (exact) mass is 314 g/mol. The van der Waals surface area contributed by atoms with Crippen LogP contribution in [0.5, 0.6) is 0 Å². The fraction of sp³-hybridized carbons (Fsp3) is 0.368. The Balaban J connectivity index is 1.98. The summed E-state index contributed by atoms with van der Waals surface area (Å²) in [5.74, 6) is 0. The SMILES string of the molecule is Cc1ccc(C(c2ccccc2Cl)N2CCC(N)CC2)cc1. The van der Waals surface area contributed by atoms with Crippen molar-refractivity contribution in [2.24, 2.45) is 5.73 Å². The molecule has 3 rings (SSSR count). The van der Waals surface area contributed by atoms with E-state index in [4.69, 9.17) is 17.3 Å². The maximum absolute atomic E-state index is 6.50. The van der Waals surface area contributed by atoms with Gasteiger partial charge in [0.25, 0.3) is 0 Å². The molecule has 1 aliphatic heterocycles. The van der Waals surface area contributed by atoms with E-state index in [9.17, 15) is 0 Å². The first-order valence-electron chi connectivity index (χ1n) is 7.96. The van der Waals surface area contributed by atoms with Crippen LogP contribution in [0.4, 0.5) is 0 Å². The molecule has 1 saturated heterocycles. The predicted octanol–water partition coefficient (Wildman–Crippen LogP) is 4.16. The van der Waals surface area contributed by atoms with E-state index in [-0.39, 0.29) is 6.04 Å². The predicted molar refractivity (Wildman–Crippen MR) is 93.3 cm³/mol. The second-order valence-electron chi connectivity index (χ2n) is 6.21. The van der Waals surface area contributed by atoms with Crippen molar-refractivity contribution in [3.8, 4) is 0 Å². The highest BCUT2D eigenvalue weighted by Gasteiger charge is 2.27. The standard InChI is InChI=1S/C19H23ClN2/c1-14-6-8-15(9-7-14)19(17-4-2-3-5-18(17)20)22-12-10-16(21)11-13-22/h2-9,16,19H,10-13,21H2,1H3. The highest BCUT2D eigenvalue weighted by molar-refractivity contribution is 6.31. The number of benzene rings is 2. The Kier molecular flexibility index (Phi) is 4.82. The third-order valence-corrected chi connectivity index (χ3v) is 4.88. The minimum Gasteiger partial charge on any atom is -0.328 e. The van der Waals surface area contributed by atoms with Crippen LogP contribution >= 0.6 is 11.6 Å². The van der Waals surface area contributed by atoms with Crippen LogP contribution in [0, 0.1) is 6.92 Å². The molecule has 0 radical (unpaired) electrons. The van der Waals surface area contributed by atoms with Crippen LogP contribution in [0.25, 0.3) is 0 Å². The van der Waals surface area contributed by atoms with Crippen LogP contribution in [-0.2, 0) is 0 Å². The van der Waals surface area contributed by atoms with E-state index in [1.54, 1.807) is 0 Å². The van der Waals surface area contributed by atoms with Gasteiger partial charge in [-0.05, 0) is 37.0 Å². The Labute approximate surface area is 137 Å². The number of nitrogens with zero attached hydrogens (tertiary/aromatic N) is 1. The summed E-state index contributed by atoms with van der Waals surface area (Å²) in [6.45, 7) is 4.16. The topological polar surface area (TPSA) is 29.3 Å². The van der Waals surface area contributed by atoms with Crippen molar-refractivity contribution in [1.29, 1.82) is 0 Å². The van der Waals surface area contributed by atoms with Gasteiger partial charge in [-0.15, -0.1) is 0 Å². The minimum atomic E-state index is 0.210. The van der Waals surface area contributed by atoms with Crippen LogP contribution in [0.3, 0.4) is 0 Å². The third-order valence-electron chi connectivity index (χ3n) is 4.53. The fourth-order valence-electron chi connectivity index (χ4n) is 3.21. The molecule has 0 spiro atoms. The summed E-state index contributed by atoms with van der Waals surface area (Å²) in [6.07, 6.45) is 2.10. The van der Waals surface area contributed by atoms with Gasteiger partial charge in [-0.3, -0.25) is 4.90 Å². The van der Waals surface area contributed by atoms with Gasteiger partial charge in [0.1, 0.15) is 0 Å². The highest BCUT2D eigenvalue weighted by atomic mass is 35.5. The maximum Gasteiger partial charge on any atom is 0.0616 e. The number of nitrogens with two attached hydrogens (primary N) is 1. The molecule has 116 valence electrons. The van der Waals surface area contributed by atoms with Gasteiger partial charge >= 0.3 is 0 Å². The molecule has 2 nitrogen and oxygen atoms in total. The normalized spacial score (nSPS) is 18.3. The largest absolute Gasteiger partial charge is 0.328 e. The van der Waals surface area contributed by atoms with Crippen molar-refractivity contribution in [1.82, 2.24) is 4.90 Å². The van der Waals surface area contributed by atoms with Crippen LogP contribution in [-0.4, -0.2) is 24.0 Å². The lowest BCUT2D eigenvalue weighted by molar-refractivity contribution is 0.175. The molecule has 22 heavy (non-hydrogen) atoms. The Morgan fingerprint density at radius 2 is 1.68 bits per heavy atom. The lowest BCUT2D eigenvalue weighted by atomic mass is 9.93. The molecule has 1 atom stereocenters. The van der Waals surface area contributed by atoms with Gasteiger partial charge in [-0.1, -0.05) is 59.6 Å². The van der Waals surface area contributed by atoms with Gasteiger partial charge in [0.15, 0.2) is 0 Å². The molecule has 2 aromatic carbocycles. The maximum atomic E-state index is 6.50. The molecule has 0 saturated carbocycles. The summed E-state index contributed by atoms with van der Waals surface area (Å²) in [5, 5.41) is 0.836. The first kappa shape index (κ1) is 15.5. The second kappa shape index (κ2) is 6.82. The summed E-state index contributed by atoms with van der Waals surface area (Å²) in [6, 6.07) is 17.5. The summed E-state index contributed by atoms with van der Waals surface area (Å²) >= 11 is 6.50. The molecular weight excluding hydrogens is 292 g/mol. The molecule has 0 aromatic heterocycles. The molecule has 1 fully saturated rings. The van der Waals surface area contributed by atoms with E-state index in [1.165, 1.54) is 16.7 Å². The number of aryl methyl sites for hydroxylation is 1. The number of hydrogen-bond donors (Lipinski definition) is 1. The van der Waals surface area contributed by atoms with Crippen molar-refractivity contribution < 1.29 is 0 Å². The number of piperidine rings is 1. The molecule has 0 amide bonds. The van der Waals surface area contributed by atoms with E-state index in [2.05, 4.69) is 48.2 Å². The molecule has 0 bridgehead atoms. The zero-order valence-electron chi connectivity index (χ0n) is 13.0. The fourth-order valence-corrected chi connectivity index (χ4v) is 3.45. The smallest absolute Gasteiger partial charge is 0.0616 e. The van der Waals surface area contributed by atoms with Crippen LogP contribution < -0.4 is 5.73 Å². The van der Waals surface area contributed by atoms with Gasteiger partial charge in [-0.2, -0.15) is 0 Å².